The van der Waals surface area contributed by atoms with Crippen LogP contribution in [0.1, 0.15) is 20.7 Å². The molecular weight excluding hydrogens is 372 g/mol. The van der Waals surface area contributed by atoms with Crippen molar-refractivity contribution in [1.82, 2.24) is 5.32 Å². The molecule has 3 N–H and O–H groups in total. The molecule has 0 unspecified atom stereocenters. The summed E-state index contributed by atoms with van der Waals surface area (Å²) >= 11 is 11.2. The van der Waals surface area contributed by atoms with Crippen molar-refractivity contribution >= 4 is 57.3 Å². The summed E-state index contributed by atoms with van der Waals surface area (Å²) in [5, 5.41) is 16.6. The number of nitrogens with one attached hydrogen (secondary N) is 2. The Balaban J connectivity index is 1.74. The number of carboxylic acid groups (broad SMARTS) is 1. The average molecular weight is 385 g/mol. The molecule has 0 aliphatic rings. The number of fused-ring (bicyclic) bond motifs is 1. The van der Waals surface area contributed by atoms with Crippen molar-refractivity contribution in [3.8, 4) is 0 Å². The zero-order chi connectivity index (χ0) is 18.7. The highest BCUT2D eigenvalue weighted by atomic mass is 35.5. The standard InChI is InChI=1S/C19H13ClN2O3S/c20-15-8-7-14(18(24)25)10-16(15)21-19(26)22-17(23)13-6-5-11-3-1-2-4-12(11)9-13/h1-10H,(H,24,25)(H2,21,22,23,26). The van der Waals surface area contributed by atoms with E-state index in [1.807, 2.05) is 30.3 Å². The summed E-state index contributed by atoms with van der Waals surface area (Å²) in [5.41, 5.74) is 0.814. The van der Waals surface area contributed by atoms with Gasteiger partial charge < -0.3 is 10.4 Å². The fraction of sp³-hybridized carbons (Fsp3) is 0. The number of hydrogen-bond acceptors (Lipinski definition) is 3. The van der Waals surface area contributed by atoms with Gasteiger partial charge in [-0.15, -0.1) is 0 Å². The van der Waals surface area contributed by atoms with Crippen LogP contribution < -0.4 is 10.6 Å². The minimum atomic E-state index is -1.09. The van der Waals surface area contributed by atoms with Crippen LogP contribution in [-0.4, -0.2) is 22.1 Å². The van der Waals surface area contributed by atoms with Crippen LogP contribution in [0.3, 0.4) is 0 Å². The quantitative estimate of drug-likeness (QED) is 0.586. The van der Waals surface area contributed by atoms with E-state index in [9.17, 15) is 9.59 Å². The van der Waals surface area contributed by atoms with E-state index < -0.39 is 5.97 Å². The van der Waals surface area contributed by atoms with Gasteiger partial charge in [0.2, 0.25) is 0 Å². The predicted molar refractivity (Wildman–Crippen MR) is 106 cm³/mol. The largest absolute Gasteiger partial charge is 0.478 e. The molecule has 26 heavy (non-hydrogen) atoms. The highest BCUT2D eigenvalue weighted by Crippen LogP contribution is 2.23. The summed E-state index contributed by atoms with van der Waals surface area (Å²) in [5.74, 6) is -1.46. The van der Waals surface area contributed by atoms with E-state index in [0.717, 1.165) is 10.8 Å². The van der Waals surface area contributed by atoms with Crippen molar-refractivity contribution in [3.63, 3.8) is 0 Å². The van der Waals surface area contributed by atoms with Crippen LogP contribution in [0.4, 0.5) is 5.69 Å². The molecule has 5 nitrogen and oxygen atoms in total. The third-order valence-electron chi connectivity index (χ3n) is 3.70. The monoisotopic (exact) mass is 384 g/mol. The van der Waals surface area contributed by atoms with Crippen molar-refractivity contribution in [2.24, 2.45) is 0 Å². The van der Waals surface area contributed by atoms with Gasteiger partial charge in [-0.3, -0.25) is 10.1 Å². The van der Waals surface area contributed by atoms with Crippen LogP contribution in [0.25, 0.3) is 10.8 Å². The number of amides is 1. The second kappa shape index (κ2) is 7.51. The highest BCUT2D eigenvalue weighted by molar-refractivity contribution is 7.80. The maximum absolute atomic E-state index is 12.4. The number of thiocarbonyl (C=S) groups is 1. The van der Waals surface area contributed by atoms with Gasteiger partial charge in [-0.05, 0) is 53.3 Å². The Morgan fingerprint density at radius 2 is 1.62 bits per heavy atom. The maximum atomic E-state index is 12.4. The molecule has 0 aliphatic carbocycles. The second-order valence-corrected chi connectivity index (χ2v) is 6.29. The van der Waals surface area contributed by atoms with E-state index in [1.54, 1.807) is 12.1 Å². The number of aromatic carboxylic acids is 1. The molecule has 0 fully saturated rings. The molecule has 0 saturated carbocycles. The fourth-order valence-corrected chi connectivity index (χ4v) is 2.78. The first-order valence-corrected chi connectivity index (χ1v) is 8.36. The van der Waals surface area contributed by atoms with E-state index in [4.69, 9.17) is 28.9 Å². The third kappa shape index (κ3) is 3.99. The first-order chi connectivity index (χ1) is 12.4. The van der Waals surface area contributed by atoms with Gasteiger partial charge in [0.15, 0.2) is 5.11 Å². The normalized spacial score (nSPS) is 10.3. The maximum Gasteiger partial charge on any atom is 0.335 e. The average Bonchev–Trinajstić information content (AvgIpc) is 2.62. The van der Waals surface area contributed by atoms with Crippen molar-refractivity contribution in [2.75, 3.05) is 5.32 Å². The molecule has 130 valence electrons. The van der Waals surface area contributed by atoms with Crippen LogP contribution >= 0.6 is 23.8 Å². The van der Waals surface area contributed by atoms with E-state index in [1.165, 1.54) is 18.2 Å². The lowest BCUT2D eigenvalue weighted by molar-refractivity contribution is 0.0696. The zero-order valence-electron chi connectivity index (χ0n) is 13.3. The number of carbonyl (C=O) groups is 2. The lowest BCUT2D eigenvalue weighted by Gasteiger charge is -2.12. The number of carboxylic acids is 1. The number of anilines is 1. The summed E-state index contributed by atoms with van der Waals surface area (Å²) in [6.07, 6.45) is 0. The molecule has 3 aromatic carbocycles. The summed E-state index contributed by atoms with van der Waals surface area (Å²) in [4.78, 5) is 23.4. The Morgan fingerprint density at radius 3 is 2.35 bits per heavy atom. The van der Waals surface area contributed by atoms with E-state index >= 15 is 0 Å². The molecule has 0 aliphatic heterocycles. The van der Waals surface area contributed by atoms with Gasteiger partial charge in [0.05, 0.1) is 16.3 Å². The van der Waals surface area contributed by atoms with Crippen molar-refractivity contribution < 1.29 is 14.7 Å². The molecule has 0 aromatic heterocycles. The van der Waals surface area contributed by atoms with Gasteiger partial charge in [0.1, 0.15) is 0 Å². The fourth-order valence-electron chi connectivity index (χ4n) is 2.41. The van der Waals surface area contributed by atoms with Crippen molar-refractivity contribution in [3.05, 3.63) is 76.8 Å². The molecule has 0 saturated heterocycles. The molecule has 0 radical (unpaired) electrons. The summed E-state index contributed by atoms with van der Waals surface area (Å²) in [7, 11) is 0. The van der Waals surface area contributed by atoms with Crippen LogP contribution in [0.15, 0.2) is 60.7 Å². The topological polar surface area (TPSA) is 78.4 Å². The highest BCUT2D eigenvalue weighted by Gasteiger charge is 2.12. The van der Waals surface area contributed by atoms with Gasteiger partial charge in [-0.2, -0.15) is 0 Å². The molecular formula is C19H13ClN2O3S. The summed E-state index contributed by atoms with van der Waals surface area (Å²) in [6.45, 7) is 0. The van der Waals surface area contributed by atoms with Gasteiger partial charge in [0, 0.05) is 5.56 Å². The third-order valence-corrected chi connectivity index (χ3v) is 4.23. The Hall–Kier alpha value is -2.96. The number of halogens is 1. The molecule has 0 atom stereocenters. The SMILES string of the molecule is O=C(O)c1ccc(Cl)c(NC(=S)NC(=O)c2ccc3ccccc3c2)c1. The molecule has 3 rings (SSSR count). The van der Waals surface area contributed by atoms with Crippen LogP contribution in [-0.2, 0) is 0 Å². The van der Waals surface area contributed by atoms with Crippen LogP contribution in [0, 0.1) is 0 Å². The number of carbonyl (C=O) groups excluding carboxylic acids is 1. The Labute approximate surface area is 159 Å². The first kappa shape index (κ1) is 17.8. The van der Waals surface area contributed by atoms with Gasteiger partial charge in [-0.25, -0.2) is 4.79 Å². The lowest BCUT2D eigenvalue weighted by Crippen LogP contribution is -2.34. The molecule has 7 heteroatoms. The van der Waals surface area contributed by atoms with Crippen LogP contribution in [0.2, 0.25) is 5.02 Å². The van der Waals surface area contributed by atoms with Crippen molar-refractivity contribution in [1.29, 1.82) is 0 Å². The Kier molecular flexibility index (Phi) is 5.16. The molecule has 0 heterocycles. The number of rotatable bonds is 3. The molecule has 3 aromatic rings. The van der Waals surface area contributed by atoms with E-state index in [0.29, 0.717) is 11.3 Å². The Morgan fingerprint density at radius 1 is 0.923 bits per heavy atom. The van der Waals surface area contributed by atoms with Crippen LogP contribution in [0.5, 0.6) is 0 Å². The van der Waals surface area contributed by atoms with Gasteiger partial charge in [0.25, 0.3) is 5.91 Å². The molecule has 0 spiro atoms. The minimum absolute atomic E-state index is 0.0209. The number of hydrogen-bond donors (Lipinski definition) is 3. The Bertz CT molecular complexity index is 1040. The predicted octanol–water partition coefficient (Wildman–Crippen LogP) is 4.32. The van der Waals surface area contributed by atoms with E-state index in [2.05, 4.69) is 10.6 Å². The summed E-state index contributed by atoms with van der Waals surface area (Å²) < 4.78 is 0. The summed E-state index contributed by atoms with van der Waals surface area (Å²) in [6, 6.07) is 17.2. The lowest BCUT2D eigenvalue weighted by atomic mass is 10.1. The zero-order valence-corrected chi connectivity index (χ0v) is 14.9. The first-order valence-electron chi connectivity index (χ1n) is 7.58. The number of benzene rings is 3. The smallest absolute Gasteiger partial charge is 0.335 e. The minimum Gasteiger partial charge on any atom is -0.478 e. The van der Waals surface area contributed by atoms with Gasteiger partial charge in [-0.1, -0.05) is 41.9 Å². The molecule has 1 amide bonds. The van der Waals surface area contributed by atoms with Gasteiger partial charge >= 0.3 is 5.97 Å². The molecule has 0 bridgehead atoms. The van der Waals surface area contributed by atoms with E-state index in [-0.39, 0.29) is 21.6 Å². The second-order valence-electron chi connectivity index (χ2n) is 5.47. The van der Waals surface area contributed by atoms with Crippen molar-refractivity contribution in [2.45, 2.75) is 0 Å².